The van der Waals surface area contributed by atoms with Crippen molar-refractivity contribution >= 4 is 0 Å². The van der Waals surface area contributed by atoms with E-state index in [2.05, 4.69) is 15.1 Å². The average Bonchev–Trinajstić information content (AvgIpc) is 2.87. The molecule has 0 spiro atoms. The van der Waals surface area contributed by atoms with Gasteiger partial charge in [0.1, 0.15) is 24.6 Å². The summed E-state index contributed by atoms with van der Waals surface area (Å²) in [6.45, 7) is 3.33. The molecule has 0 atom stereocenters. The van der Waals surface area contributed by atoms with Gasteiger partial charge in [-0.15, -0.1) is 0 Å². The lowest BCUT2D eigenvalue weighted by Crippen LogP contribution is -2.10. The van der Waals surface area contributed by atoms with Gasteiger partial charge in [0, 0.05) is 18.9 Å². The van der Waals surface area contributed by atoms with Gasteiger partial charge in [-0.1, -0.05) is 0 Å². The number of aliphatic hydroxyl groups is 1. The second-order valence-corrected chi connectivity index (χ2v) is 3.12. The molecular weight excluding hydrogens is 194 g/mol. The van der Waals surface area contributed by atoms with E-state index in [9.17, 15) is 0 Å². The lowest BCUT2D eigenvalue weighted by Gasteiger charge is -2.06. The molecule has 2 aromatic heterocycles. The van der Waals surface area contributed by atoms with Crippen molar-refractivity contribution in [1.82, 2.24) is 24.3 Å². The summed E-state index contributed by atoms with van der Waals surface area (Å²) in [6.07, 6.45) is 5.02. The maximum Gasteiger partial charge on any atom is 0.146 e. The van der Waals surface area contributed by atoms with Gasteiger partial charge in [0.05, 0.1) is 6.54 Å². The van der Waals surface area contributed by atoms with Crippen molar-refractivity contribution in [3.8, 4) is 0 Å². The first-order valence-electron chi connectivity index (χ1n) is 4.82. The van der Waals surface area contributed by atoms with E-state index in [4.69, 9.17) is 5.11 Å². The zero-order valence-electron chi connectivity index (χ0n) is 8.54. The zero-order chi connectivity index (χ0) is 10.7. The summed E-state index contributed by atoms with van der Waals surface area (Å²) in [5.41, 5.74) is 0. The van der Waals surface area contributed by atoms with Crippen LogP contribution in [0.15, 0.2) is 18.7 Å². The third kappa shape index (κ3) is 1.89. The van der Waals surface area contributed by atoms with Gasteiger partial charge in [-0.05, 0) is 6.92 Å². The molecule has 0 aliphatic heterocycles. The third-order valence-corrected chi connectivity index (χ3v) is 2.25. The first-order chi connectivity index (χ1) is 7.35. The lowest BCUT2D eigenvalue weighted by atomic mass is 10.5. The van der Waals surface area contributed by atoms with Crippen molar-refractivity contribution in [2.24, 2.45) is 0 Å². The molecule has 6 heteroatoms. The van der Waals surface area contributed by atoms with E-state index >= 15 is 0 Å². The SMILES string of the molecule is CCn1ncnc1Cn1ccnc1CO. The highest BCUT2D eigenvalue weighted by atomic mass is 16.3. The quantitative estimate of drug-likeness (QED) is 0.768. The minimum Gasteiger partial charge on any atom is -0.388 e. The van der Waals surface area contributed by atoms with Gasteiger partial charge in [0.25, 0.3) is 0 Å². The Kier molecular flexibility index (Phi) is 2.77. The average molecular weight is 207 g/mol. The van der Waals surface area contributed by atoms with Crippen LogP contribution in [0.5, 0.6) is 0 Å². The molecule has 1 N–H and O–H groups in total. The molecular formula is C9H13N5O. The maximum atomic E-state index is 9.04. The Bertz CT molecular complexity index is 393. The van der Waals surface area contributed by atoms with Crippen LogP contribution >= 0.6 is 0 Å². The first kappa shape index (κ1) is 9.85. The lowest BCUT2D eigenvalue weighted by molar-refractivity contribution is 0.265. The number of nitrogens with zero attached hydrogens (tertiary/aromatic N) is 5. The molecule has 2 heterocycles. The molecule has 0 aliphatic carbocycles. The molecule has 2 rings (SSSR count). The Morgan fingerprint density at radius 1 is 1.33 bits per heavy atom. The summed E-state index contributed by atoms with van der Waals surface area (Å²) in [4.78, 5) is 8.19. The van der Waals surface area contributed by atoms with E-state index in [1.807, 2.05) is 22.4 Å². The highest BCUT2D eigenvalue weighted by molar-refractivity contribution is 4.95. The molecule has 0 bridgehead atoms. The molecule has 6 nitrogen and oxygen atoms in total. The Balaban J connectivity index is 2.21. The monoisotopic (exact) mass is 207 g/mol. The van der Waals surface area contributed by atoms with Crippen LogP contribution in [0.1, 0.15) is 18.6 Å². The van der Waals surface area contributed by atoms with E-state index in [0.29, 0.717) is 12.4 Å². The minimum atomic E-state index is -0.0622. The molecule has 0 amide bonds. The van der Waals surface area contributed by atoms with E-state index in [1.165, 1.54) is 6.33 Å². The van der Waals surface area contributed by atoms with Crippen LogP contribution in [-0.2, 0) is 19.7 Å². The van der Waals surface area contributed by atoms with Crippen LogP contribution in [0.2, 0.25) is 0 Å². The number of rotatable bonds is 4. The van der Waals surface area contributed by atoms with Gasteiger partial charge in [0.2, 0.25) is 0 Å². The van der Waals surface area contributed by atoms with Crippen LogP contribution in [0.25, 0.3) is 0 Å². The maximum absolute atomic E-state index is 9.04. The van der Waals surface area contributed by atoms with E-state index in [-0.39, 0.29) is 6.61 Å². The fourth-order valence-corrected chi connectivity index (χ4v) is 1.46. The van der Waals surface area contributed by atoms with Gasteiger partial charge in [0.15, 0.2) is 0 Å². The molecule has 80 valence electrons. The van der Waals surface area contributed by atoms with Gasteiger partial charge in [-0.3, -0.25) is 0 Å². The fraction of sp³-hybridized carbons (Fsp3) is 0.444. The van der Waals surface area contributed by atoms with Crippen molar-refractivity contribution in [3.05, 3.63) is 30.4 Å². The van der Waals surface area contributed by atoms with E-state index in [0.717, 1.165) is 12.4 Å². The number of aromatic nitrogens is 5. The summed E-state index contributed by atoms with van der Waals surface area (Å²) in [6, 6.07) is 0. The minimum absolute atomic E-state index is 0.0622. The first-order valence-corrected chi connectivity index (χ1v) is 4.82. The summed E-state index contributed by atoms with van der Waals surface area (Å²) in [5, 5.41) is 13.1. The molecule has 0 radical (unpaired) electrons. The highest BCUT2D eigenvalue weighted by Gasteiger charge is 2.06. The molecule has 0 aromatic carbocycles. The van der Waals surface area contributed by atoms with Gasteiger partial charge in [-0.25, -0.2) is 14.6 Å². The number of hydrogen-bond acceptors (Lipinski definition) is 4. The standard InChI is InChI=1S/C9H13N5O/c1-2-14-8(11-7-12-14)5-13-4-3-10-9(13)6-15/h3-4,7,15H,2,5-6H2,1H3. The summed E-state index contributed by atoms with van der Waals surface area (Å²) in [5.74, 6) is 1.51. The van der Waals surface area contributed by atoms with Crippen LogP contribution < -0.4 is 0 Å². The predicted octanol–water partition coefficient (Wildman–Crippen LogP) is 0.0351. The Morgan fingerprint density at radius 3 is 2.93 bits per heavy atom. The number of imidazole rings is 1. The normalized spacial score (nSPS) is 10.8. The second-order valence-electron chi connectivity index (χ2n) is 3.12. The zero-order valence-corrected chi connectivity index (χ0v) is 8.54. The van der Waals surface area contributed by atoms with Crippen molar-refractivity contribution in [3.63, 3.8) is 0 Å². The summed E-state index contributed by atoms with van der Waals surface area (Å²) < 4.78 is 3.68. The van der Waals surface area contributed by atoms with E-state index in [1.54, 1.807) is 6.20 Å². The number of aryl methyl sites for hydroxylation is 1. The molecule has 2 aromatic rings. The van der Waals surface area contributed by atoms with Crippen molar-refractivity contribution in [1.29, 1.82) is 0 Å². The molecule has 15 heavy (non-hydrogen) atoms. The van der Waals surface area contributed by atoms with Crippen LogP contribution in [-0.4, -0.2) is 29.4 Å². The Morgan fingerprint density at radius 2 is 2.20 bits per heavy atom. The summed E-state index contributed by atoms with van der Waals surface area (Å²) in [7, 11) is 0. The predicted molar refractivity (Wildman–Crippen MR) is 52.9 cm³/mol. The van der Waals surface area contributed by atoms with Gasteiger partial charge >= 0.3 is 0 Å². The third-order valence-electron chi connectivity index (χ3n) is 2.25. The van der Waals surface area contributed by atoms with Crippen molar-refractivity contribution < 1.29 is 5.11 Å². The van der Waals surface area contributed by atoms with Crippen LogP contribution in [0.4, 0.5) is 0 Å². The Labute approximate surface area is 87.2 Å². The number of aliphatic hydroxyl groups excluding tert-OH is 1. The topological polar surface area (TPSA) is 68.8 Å². The summed E-state index contributed by atoms with van der Waals surface area (Å²) >= 11 is 0. The molecule has 0 aliphatic rings. The van der Waals surface area contributed by atoms with E-state index < -0.39 is 0 Å². The van der Waals surface area contributed by atoms with Gasteiger partial charge < -0.3 is 9.67 Å². The fourth-order valence-electron chi connectivity index (χ4n) is 1.46. The highest BCUT2D eigenvalue weighted by Crippen LogP contribution is 2.02. The Hall–Kier alpha value is -1.69. The molecule has 0 saturated carbocycles. The molecule has 0 saturated heterocycles. The largest absolute Gasteiger partial charge is 0.388 e. The van der Waals surface area contributed by atoms with Gasteiger partial charge in [-0.2, -0.15) is 5.10 Å². The molecule has 0 fully saturated rings. The van der Waals surface area contributed by atoms with Crippen molar-refractivity contribution in [2.75, 3.05) is 0 Å². The van der Waals surface area contributed by atoms with Crippen LogP contribution in [0, 0.1) is 0 Å². The number of hydrogen-bond donors (Lipinski definition) is 1. The smallest absolute Gasteiger partial charge is 0.146 e. The molecule has 0 unspecified atom stereocenters. The second kappa shape index (κ2) is 4.22. The van der Waals surface area contributed by atoms with Crippen molar-refractivity contribution in [2.45, 2.75) is 26.6 Å². The van der Waals surface area contributed by atoms with Crippen LogP contribution in [0.3, 0.4) is 0 Å².